The first-order chi connectivity index (χ1) is 10.5. The van der Waals surface area contributed by atoms with E-state index in [4.69, 9.17) is 0 Å². The van der Waals surface area contributed by atoms with Crippen molar-refractivity contribution < 1.29 is 4.79 Å². The van der Waals surface area contributed by atoms with E-state index in [9.17, 15) is 4.79 Å². The third kappa shape index (κ3) is 1.86. The van der Waals surface area contributed by atoms with E-state index in [0.717, 1.165) is 30.6 Å². The van der Waals surface area contributed by atoms with Crippen molar-refractivity contribution in [3.63, 3.8) is 0 Å². The third-order valence-electron chi connectivity index (χ3n) is 8.68. The van der Waals surface area contributed by atoms with Crippen LogP contribution < -0.4 is 0 Å². The van der Waals surface area contributed by atoms with E-state index in [1.165, 1.54) is 44.9 Å². The van der Waals surface area contributed by atoms with Crippen molar-refractivity contribution in [3.05, 3.63) is 11.6 Å². The van der Waals surface area contributed by atoms with E-state index in [1.807, 2.05) is 0 Å². The zero-order valence-corrected chi connectivity index (χ0v) is 14.7. The van der Waals surface area contributed by atoms with Crippen molar-refractivity contribution in [3.8, 4) is 0 Å². The summed E-state index contributed by atoms with van der Waals surface area (Å²) in [6, 6.07) is 0. The van der Waals surface area contributed by atoms with E-state index in [2.05, 4.69) is 26.8 Å². The lowest BCUT2D eigenvalue weighted by atomic mass is 9.45. The normalized spacial score (nSPS) is 53.0. The molecule has 0 aliphatic heterocycles. The molecule has 0 aromatic carbocycles. The first-order valence-electron chi connectivity index (χ1n) is 9.66. The van der Waals surface area contributed by atoms with Gasteiger partial charge in [-0.05, 0) is 86.4 Å². The fourth-order valence-corrected chi connectivity index (χ4v) is 7.37. The molecule has 6 atom stereocenters. The fourth-order valence-electron chi connectivity index (χ4n) is 7.37. The van der Waals surface area contributed by atoms with E-state index in [1.54, 1.807) is 5.57 Å². The Morgan fingerprint density at radius 1 is 1.00 bits per heavy atom. The van der Waals surface area contributed by atoms with Crippen LogP contribution in [-0.4, -0.2) is 5.78 Å². The SMILES string of the molecule is C/C=C1/CCC2C3CCC4CC(=O)CC[C@]4(C)C3CC[C@]12C. The molecule has 4 aliphatic carbocycles. The molecule has 0 saturated heterocycles. The number of Topliss-reactive ketones (excluding diaryl/α,β-unsaturated/α-hetero) is 1. The number of allylic oxidation sites excluding steroid dienone is 2. The Morgan fingerprint density at radius 2 is 1.82 bits per heavy atom. The maximum Gasteiger partial charge on any atom is 0.133 e. The van der Waals surface area contributed by atoms with E-state index in [-0.39, 0.29) is 0 Å². The first kappa shape index (κ1) is 15.0. The van der Waals surface area contributed by atoms with Crippen molar-refractivity contribution in [2.45, 2.75) is 78.6 Å². The van der Waals surface area contributed by atoms with Crippen LogP contribution in [-0.2, 0) is 4.79 Å². The maximum absolute atomic E-state index is 11.9. The molecule has 0 bridgehead atoms. The topological polar surface area (TPSA) is 17.1 Å². The number of hydrogen-bond donors (Lipinski definition) is 0. The highest BCUT2D eigenvalue weighted by molar-refractivity contribution is 5.79. The van der Waals surface area contributed by atoms with Crippen molar-refractivity contribution >= 4 is 5.78 Å². The second-order valence-electron chi connectivity index (χ2n) is 9.21. The van der Waals surface area contributed by atoms with E-state index in [0.29, 0.717) is 22.5 Å². The molecule has 0 aromatic rings. The average molecular weight is 300 g/mol. The third-order valence-corrected chi connectivity index (χ3v) is 8.68. The van der Waals surface area contributed by atoms with Crippen molar-refractivity contribution in [1.82, 2.24) is 0 Å². The van der Waals surface area contributed by atoms with Crippen molar-refractivity contribution in [2.75, 3.05) is 0 Å². The van der Waals surface area contributed by atoms with Crippen LogP contribution in [0.25, 0.3) is 0 Å². The van der Waals surface area contributed by atoms with Crippen LogP contribution in [0, 0.1) is 34.5 Å². The standard InChI is InChI=1S/C21H32O/c1-4-14-6-8-18-17-7-5-15-13-16(22)9-11-21(15,3)19(17)10-12-20(14,18)2/h4,15,17-19H,5-13H2,1-3H3/b14-4-/t15?,17?,18?,19?,20-,21+/m1/s1. The van der Waals surface area contributed by atoms with Gasteiger partial charge in [-0.2, -0.15) is 0 Å². The van der Waals surface area contributed by atoms with Crippen molar-refractivity contribution in [2.24, 2.45) is 34.5 Å². The van der Waals surface area contributed by atoms with Crippen molar-refractivity contribution in [1.29, 1.82) is 0 Å². The second-order valence-corrected chi connectivity index (χ2v) is 9.21. The predicted octanol–water partition coefficient (Wildman–Crippen LogP) is 5.54. The van der Waals surface area contributed by atoms with Gasteiger partial charge in [-0.15, -0.1) is 0 Å². The molecular weight excluding hydrogens is 268 g/mol. The summed E-state index contributed by atoms with van der Waals surface area (Å²) in [4.78, 5) is 11.9. The zero-order valence-electron chi connectivity index (χ0n) is 14.7. The lowest BCUT2D eigenvalue weighted by molar-refractivity contribution is -0.136. The highest BCUT2D eigenvalue weighted by Crippen LogP contribution is 2.67. The number of fused-ring (bicyclic) bond motifs is 5. The van der Waals surface area contributed by atoms with Gasteiger partial charge in [0.25, 0.3) is 0 Å². The van der Waals surface area contributed by atoms with Gasteiger partial charge in [0.2, 0.25) is 0 Å². The van der Waals surface area contributed by atoms with Gasteiger partial charge in [0.05, 0.1) is 0 Å². The molecule has 22 heavy (non-hydrogen) atoms. The number of ketones is 1. The van der Waals surface area contributed by atoms with Gasteiger partial charge < -0.3 is 0 Å². The van der Waals surface area contributed by atoms with Gasteiger partial charge >= 0.3 is 0 Å². The minimum Gasteiger partial charge on any atom is -0.300 e. The molecule has 0 radical (unpaired) electrons. The van der Waals surface area contributed by atoms with Crippen LogP contribution >= 0.6 is 0 Å². The smallest absolute Gasteiger partial charge is 0.133 e. The van der Waals surface area contributed by atoms with Crippen LogP contribution in [0.1, 0.15) is 78.6 Å². The molecule has 4 fully saturated rings. The molecule has 4 aliphatic rings. The summed E-state index contributed by atoms with van der Waals surface area (Å²) in [7, 11) is 0. The van der Waals surface area contributed by atoms with Gasteiger partial charge in [-0.3, -0.25) is 4.79 Å². The van der Waals surface area contributed by atoms with Gasteiger partial charge in [-0.25, -0.2) is 0 Å². The highest BCUT2D eigenvalue weighted by Gasteiger charge is 2.58. The Hall–Kier alpha value is -0.590. The molecule has 0 heterocycles. The average Bonchev–Trinajstić information content (AvgIpc) is 2.84. The molecule has 0 aromatic heterocycles. The number of rotatable bonds is 0. The lowest BCUT2D eigenvalue weighted by Crippen LogP contribution is -2.52. The summed E-state index contributed by atoms with van der Waals surface area (Å²) >= 11 is 0. The van der Waals surface area contributed by atoms with Gasteiger partial charge in [0, 0.05) is 12.8 Å². The first-order valence-corrected chi connectivity index (χ1v) is 9.66. The summed E-state index contributed by atoms with van der Waals surface area (Å²) in [5.74, 6) is 3.99. The lowest BCUT2D eigenvalue weighted by Gasteiger charge is -2.59. The van der Waals surface area contributed by atoms with Crippen LogP contribution in [0.4, 0.5) is 0 Å². The molecule has 0 N–H and O–H groups in total. The molecule has 0 amide bonds. The molecular formula is C21H32O. The molecule has 0 spiro atoms. The predicted molar refractivity (Wildman–Crippen MR) is 90.5 cm³/mol. The van der Waals surface area contributed by atoms with Gasteiger partial charge in [0.1, 0.15) is 5.78 Å². The Labute approximate surface area is 135 Å². The molecule has 1 heteroatoms. The van der Waals surface area contributed by atoms with Gasteiger partial charge in [0.15, 0.2) is 0 Å². The summed E-state index contributed by atoms with van der Waals surface area (Å²) in [6.45, 7) is 7.37. The monoisotopic (exact) mass is 300 g/mol. The number of hydrogen-bond acceptors (Lipinski definition) is 1. The second kappa shape index (κ2) is 4.95. The number of carbonyl (C=O) groups is 1. The Kier molecular flexibility index (Phi) is 3.37. The van der Waals surface area contributed by atoms with E-state index >= 15 is 0 Å². The number of carbonyl (C=O) groups excluding carboxylic acids is 1. The molecule has 122 valence electrons. The molecule has 4 unspecified atom stereocenters. The molecule has 1 nitrogen and oxygen atoms in total. The molecule has 4 rings (SSSR count). The Bertz CT molecular complexity index is 518. The quantitative estimate of drug-likeness (QED) is 0.536. The van der Waals surface area contributed by atoms with Crippen LogP contribution in [0.5, 0.6) is 0 Å². The largest absolute Gasteiger partial charge is 0.300 e. The molecule has 4 saturated carbocycles. The minimum absolute atomic E-state index is 0.469. The van der Waals surface area contributed by atoms with Gasteiger partial charge in [-0.1, -0.05) is 25.5 Å². The Morgan fingerprint density at radius 3 is 2.59 bits per heavy atom. The highest BCUT2D eigenvalue weighted by atomic mass is 16.1. The zero-order chi connectivity index (χ0) is 15.5. The van der Waals surface area contributed by atoms with Crippen LogP contribution in [0.2, 0.25) is 0 Å². The van der Waals surface area contributed by atoms with Crippen LogP contribution in [0.15, 0.2) is 11.6 Å². The Balaban J connectivity index is 1.65. The maximum atomic E-state index is 11.9. The summed E-state index contributed by atoms with van der Waals surface area (Å²) < 4.78 is 0. The summed E-state index contributed by atoms with van der Waals surface area (Å²) in [5.41, 5.74) is 2.72. The van der Waals surface area contributed by atoms with E-state index < -0.39 is 0 Å². The fraction of sp³-hybridized carbons (Fsp3) is 0.857. The van der Waals surface area contributed by atoms with Crippen LogP contribution in [0.3, 0.4) is 0 Å². The minimum atomic E-state index is 0.469. The summed E-state index contributed by atoms with van der Waals surface area (Å²) in [5, 5.41) is 0. The summed E-state index contributed by atoms with van der Waals surface area (Å²) in [6.07, 6.45) is 13.7.